The molecule has 4 rings (SSSR count). The van der Waals surface area contributed by atoms with E-state index in [9.17, 15) is 4.79 Å². The van der Waals surface area contributed by atoms with Crippen molar-refractivity contribution in [3.8, 4) is 0 Å². The van der Waals surface area contributed by atoms with Crippen LogP contribution in [-0.4, -0.2) is 61.6 Å². The van der Waals surface area contributed by atoms with Gasteiger partial charge < -0.3 is 19.0 Å². The first-order valence-corrected chi connectivity index (χ1v) is 7.86. The van der Waals surface area contributed by atoms with Crippen molar-refractivity contribution in [1.82, 2.24) is 9.80 Å². The number of rotatable bonds is 3. The molecule has 5 heteroatoms. The summed E-state index contributed by atoms with van der Waals surface area (Å²) >= 11 is 0. The third kappa shape index (κ3) is 2.49. The lowest BCUT2D eigenvalue weighted by Gasteiger charge is -2.48. The summed E-state index contributed by atoms with van der Waals surface area (Å²) in [5.74, 6) is 0.829. The second kappa shape index (κ2) is 5.14. The van der Waals surface area contributed by atoms with Gasteiger partial charge in [0.1, 0.15) is 6.26 Å². The van der Waals surface area contributed by atoms with Crippen molar-refractivity contribution in [3.63, 3.8) is 0 Å². The summed E-state index contributed by atoms with van der Waals surface area (Å²) in [6.07, 6.45) is 5.44. The van der Waals surface area contributed by atoms with E-state index in [0.717, 1.165) is 52.4 Å². The number of furan rings is 1. The Labute approximate surface area is 124 Å². The average molecular weight is 290 g/mol. The Balaban J connectivity index is 1.30. The molecule has 3 aliphatic rings. The smallest absolute Gasteiger partial charge is 0.257 e. The minimum absolute atomic E-state index is 0.114. The van der Waals surface area contributed by atoms with Crippen molar-refractivity contribution in [2.45, 2.75) is 12.8 Å². The van der Waals surface area contributed by atoms with Crippen molar-refractivity contribution < 1.29 is 13.9 Å². The Morgan fingerprint density at radius 1 is 1.38 bits per heavy atom. The normalized spacial score (nSPS) is 28.2. The molecule has 0 unspecified atom stereocenters. The lowest BCUT2D eigenvalue weighted by molar-refractivity contribution is -0.00279. The van der Waals surface area contributed by atoms with Crippen molar-refractivity contribution >= 4 is 5.91 Å². The van der Waals surface area contributed by atoms with Crippen LogP contribution >= 0.6 is 0 Å². The highest BCUT2D eigenvalue weighted by molar-refractivity contribution is 5.94. The van der Waals surface area contributed by atoms with Gasteiger partial charge in [-0.15, -0.1) is 0 Å². The third-order valence-corrected chi connectivity index (χ3v) is 5.15. The molecule has 4 heterocycles. The summed E-state index contributed by atoms with van der Waals surface area (Å²) in [4.78, 5) is 16.9. The fraction of sp³-hybridized carbons (Fsp3) is 0.688. The molecule has 0 N–H and O–H groups in total. The van der Waals surface area contributed by atoms with Gasteiger partial charge in [-0.05, 0) is 24.8 Å². The molecule has 114 valence electrons. The second-order valence-corrected chi connectivity index (χ2v) is 6.89. The Kier molecular flexibility index (Phi) is 3.27. The maximum atomic E-state index is 12.3. The van der Waals surface area contributed by atoms with Crippen LogP contribution in [0.1, 0.15) is 23.2 Å². The molecule has 0 radical (unpaired) electrons. The van der Waals surface area contributed by atoms with Crippen molar-refractivity contribution in [2.75, 3.05) is 45.9 Å². The maximum absolute atomic E-state index is 12.3. The van der Waals surface area contributed by atoms with Crippen LogP contribution in [0.2, 0.25) is 0 Å². The first-order valence-electron chi connectivity index (χ1n) is 7.86. The predicted octanol–water partition coefficient (Wildman–Crippen LogP) is 1.46. The Bertz CT molecular complexity index is 502. The number of amides is 1. The molecule has 3 aliphatic heterocycles. The van der Waals surface area contributed by atoms with E-state index in [0.29, 0.717) is 16.9 Å². The number of carbonyl (C=O) groups is 1. The lowest BCUT2D eigenvalue weighted by Crippen LogP contribution is -2.58. The average Bonchev–Trinajstić information content (AvgIpc) is 3.19. The van der Waals surface area contributed by atoms with Crippen LogP contribution in [0, 0.1) is 11.3 Å². The Hall–Kier alpha value is -1.33. The van der Waals surface area contributed by atoms with Gasteiger partial charge in [0.25, 0.3) is 5.91 Å². The zero-order valence-electron chi connectivity index (χ0n) is 12.3. The molecule has 1 spiro atoms. The summed E-state index contributed by atoms with van der Waals surface area (Å²) in [6, 6.07) is 1.75. The molecular formula is C16H22N2O3. The fourth-order valence-corrected chi connectivity index (χ4v) is 4.06. The van der Waals surface area contributed by atoms with Crippen LogP contribution in [-0.2, 0) is 4.74 Å². The van der Waals surface area contributed by atoms with E-state index >= 15 is 0 Å². The van der Waals surface area contributed by atoms with Crippen LogP contribution in [0.5, 0.6) is 0 Å². The summed E-state index contributed by atoms with van der Waals surface area (Å²) in [7, 11) is 0. The van der Waals surface area contributed by atoms with Gasteiger partial charge in [0.05, 0.1) is 18.4 Å². The topological polar surface area (TPSA) is 45.9 Å². The van der Waals surface area contributed by atoms with Crippen molar-refractivity contribution in [2.24, 2.45) is 11.3 Å². The van der Waals surface area contributed by atoms with Gasteiger partial charge in [0.15, 0.2) is 0 Å². The van der Waals surface area contributed by atoms with E-state index < -0.39 is 0 Å². The van der Waals surface area contributed by atoms with Crippen LogP contribution in [0.3, 0.4) is 0 Å². The second-order valence-electron chi connectivity index (χ2n) is 6.89. The largest absolute Gasteiger partial charge is 0.472 e. The highest BCUT2D eigenvalue weighted by atomic mass is 16.5. The van der Waals surface area contributed by atoms with Crippen molar-refractivity contribution in [1.29, 1.82) is 0 Å². The molecule has 0 saturated carbocycles. The monoisotopic (exact) mass is 290 g/mol. The number of nitrogens with zero attached hydrogens (tertiary/aromatic N) is 2. The zero-order valence-corrected chi connectivity index (χ0v) is 12.3. The summed E-state index contributed by atoms with van der Waals surface area (Å²) < 4.78 is 10.5. The Morgan fingerprint density at radius 3 is 3.00 bits per heavy atom. The number of hydrogen-bond acceptors (Lipinski definition) is 4. The Morgan fingerprint density at radius 2 is 2.29 bits per heavy atom. The molecule has 1 amide bonds. The molecular weight excluding hydrogens is 268 g/mol. The van der Waals surface area contributed by atoms with Gasteiger partial charge >= 0.3 is 0 Å². The molecule has 1 aromatic rings. The standard InChI is InChI=1S/C16H22N2O3/c19-15(14-2-6-21-9-14)18-4-3-16(12-18)10-17(11-16)7-13-1-5-20-8-13/h2,6,9,13H,1,3-5,7-8,10-12H2/t13-/m0/s1. The van der Waals surface area contributed by atoms with Crippen LogP contribution < -0.4 is 0 Å². The molecule has 21 heavy (non-hydrogen) atoms. The number of ether oxygens (including phenoxy) is 1. The number of carbonyl (C=O) groups excluding carboxylic acids is 1. The van der Waals surface area contributed by atoms with Gasteiger partial charge in [0, 0.05) is 44.7 Å². The van der Waals surface area contributed by atoms with Gasteiger partial charge in [-0.1, -0.05) is 0 Å². The molecule has 5 nitrogen and oxygen atoms in total. The zero-order chi connectivity index (χ0) is 14.3. The van der Waals surface area contributed by atoms with Crippen LogP contribution in [0.25, 0.3) is 0 Å². The quantitative estimate of drug-likeness (QED) is 0.845. The lowest BCUT2D eigenvalue weighted by atomic mass is 9.78. The van der Waals surface area contributed by atoms with Gasteiger partial charge in [-0.2, -0.15) is 0 Å². The van der Waals surface area contributed by atoms with E-state index in [1.54, 1.807) is 18.6 Å². The van der Waals surface area contributed by atoms with E-state index in [-0.39, 0.29) is 5.91 Å². The first-order chi connectivity index (χ1) is 10.2. The number of hydrogen-bond donors (Lipinski definition) is 0. The van der Waals surface area contributed by atoms with E-state index in [2.05, 4.69) is 4.90 Å². The molecule has 1 aromatic heterocycles. The van der Waals surface area contributed by atoms with Crippen LogP contribution in [0.4, 0.5) is 0 Å². The molecule has 3 fully saturated rings. The first kappa shape index (κ1) is 13.3. The fourth-order valence-electron chi connectivity index (χ4n) is 4.06. The summed E-state index contributed by atoms with van der Waals surface area (Å²) in [6.45, 7) is 7.07. The summed E-state index contributed by atoms with van der Waals surface area (Å²) in [5, 5.41) is 0. The van der Waals surface area contributed by atoms with E-state index in [1.807, 2.05) is 4.90 Å². The van der Waals surface area contributed by atoms with E-state index in [1.165, 1.54) is 6.42 Å². The summed E-state index contributed by atoms with van der Waals surface area (Å²) in [5.41, 5.74) is 1.02. The molecule has 0 aliphatic carbocycles. The van der Waals surface area contributed by atoms with Gasteiger partial charge in [0.2, 0.25) is 0 Å². The van der Waals surface area contributed by atoms with Gasteiger partial charge in [-0.3, -0.25) is 4.79 Å². The number of likely N-dealkylation sites (tertiary alicyclic amines) is 2. The molecule has 0 bridgehead atoms. The molecule has 0 aromatic carbocycles. The highest BCUT2D eigenvalue weighted by Crippen LogP contribution is 2.40. The maximum Gasteiger partial charge on any atom is 0.257 e. The minimum Gasteiger partial charge on any atom is -0.472 e. The molecule has 1 atom stereocenters. The predicted molar refractivity (Wildman–Crippen MR) is 77.0 cm³/mol. The third-order valence-electron chi connectivity index (χ3n) is 5.15. The highest BCUT2D eigenvalue weighted by Gasteiger charge is 2.48. The SMILES string of the molecule is O=C(c1ccoc1)N1CCC2(CN(C[C@@H]3CCOC3)C2)C1. The minimum atomic E-state index is 0.114. The molecule has 3 saturated heterocycles. The van der Waals surface area contributed by atoms with E-state index in [4.69, 9.17) is 9.15 Å². The van der Waals surface area contributed by atoms with Crippen LogP contribution in [0.15, 0.2) is 23.0 Å². The van der Waals surface area contributed by atoms with Gasteiger partial charge in [-0.25, -0.2) is 0 Å². The van der Waals surface area contributed by atoms with Crippen molar-refractivity contribution in [3.05, 3.63) is 24.2 Å².